The van der Waals surface area contributed by atoms with Crippen LogP contribution in [0.25, 0.3) is 16.9 Å². The zero-order chi connectivity index (χ0) is 19.3. The lowest BCUT2D eigenvalue weighted by Gasteiger charge is -2.14. The van der Waals surface area contributed by atoms with Gasteiger partial charge in [0, 0.05) is 12.0 Å². The lowest BCUT2D eigenvalue weighted by molar-refractivity contribution is -0.140. The Morgan fingerprint density at radius 2 is 2.19 bits per heavy atom. The van der Waals surface area contributed by atoms with Crippen molar-refractivity contribution in [2.24, 2.45) is 0 Å². The summed E-state index contributed by atoms with van der Waals surface area (Å²) in [5.41, 5.74) is -0.330. The molecule has 1 aliphatic heterocycles. The summed E-state index contributed by atoms with van der Waals surface area (Å²) in [6.07, 6.45) is 1.51. The van der Waals surface area contributed by atoms with Crippen molar-refractivity contribution in [2.75, 3.05) is 0 Å². The SMILES string of the molecule is C[C@@H]1C[C@H](C(=O)O)n2c1nc(-c1c(-n3cnnn3)ccc(Cl)c1F)cc2=O. The number of nitrogens with zero attached hydrogens (tertiary/aromatic N) is 6. The summed E-state index contributed by atoms with van der Waals surface area (Å²) in [6.45, 7) is 1.77. The summed E-state index contributed by atoms with van der Waals surface area (Å²) in [5, 5.41) is 20.0. The van der Waals surface area contributed by atoms with E-state index in [0.717, 1.165) is 10.6 Å². The molecule has 0 spiro atoms. The summed E-state index contributed by atoms with van der Waals surface area (Å²) >= 11 is 5.92. The highest BCUT2D eigenvalue weighted by atomic mass is 35.5. The molecule has 0 bridgehead atoms. The topological polar surface area (TPSA) is 116 Å². The second-order valence-electron chi connectivity index (χ2n) is 6.21. The van der Waals surface area contributed by atoms with Crippen LogP contribution < -0.4 is 5.56 Å². The van der Waals surface area contributed by atoms with Gasteiger partial charge in [0.1, 0.15) is 18.2 Å². The maximum atomic E-state index is 14.9. The van der Waals surface area contributed by atoms with Crippen LogP contribution in [0.15, 0.2) is 29.3 Å². The molecule has 27 heavy (non-hydrogen) atoms. The van der Waals surface area contributed by atoms with Crippen LogP contribution in [0.4, 0.5) is 4.39 Å². The van der Waals surface area contributed by atoms with Crippen molar-refractivity contribution in [3.63, 3.8) is 0 Å². The van der Waals surface area contributed by atoms with E-state index in [9.17, 15) is 19.1 Å². The van der Waals surface area contributed by atoms with Gasteiger partial charge in [-0.2, -0.15) is 4.68 Å². The van der Waals surface area contributed by atoms with Crippen molar-refractivity contribution in [3.05, 3.63) is 51.5 Å². The third kappa shape index (κ3) is 2.69. The van der Waals surface area contributed by atoms with Gasteiger partial charge in [0.25, 0.3) is 5.56 Å². The Balaban J connectivity index is 1.98. The first-order chi connectivity index (χ1) is 12.9. The molecule has 138 valence electrons. The van der Waals surface area contributed by atoms with E-state index in [-0.39, 0.29) is 40.1 Å². The average Bonchev–Trinajstić information content (AvgIpc) is 3.26. The molecule has 0 saturated carbocycles. The number of carboxylic acids is 1. The molecule has 1 aliphatic rings. The number of halogens is 2. The first kappa shape index (κ1) is 17.3. The van der Waals surface area contributed by atoms with Crippen molar-refractivity contribution in [2.45, 2.75) is 25.3 Å². The molecule has 1 N–H and O–H groups in total. The average molecular weight is 391 g/mol. The third-order valence-corrected chi connectivity index (χ3v) is 4.81. The summed E-state index contributed by atoms with van der Waals surface area (Å²) in [5.74, 6) is -1.88. The molecule has 2 aromatic heterocycles. The minimum absolute atomic E-state index is 0.0367. The molecule has 9 nitrogen and oxygen atoms in total. The van der Waals surface area contributed by atoms with E-state index in [4.69, 9.17) is 11.6 Å². The fraction of sp³-hybridized carbons (Fsp3) is 0.250. The van der Waals surface area contributed by atoms with Gasteiger partial charge in [-0.15, -0.1) is 5.10 Å². The minimum Gasteiger partial charge on any atom is -0.480 e. The highest BCUT2D eigenvalue weighted by molar-refractivity contribution is 6.31. The maximum Gasteiger partial charge on any atom is 0.326 e. The predicted molar refractivity (Wildman–Crippen MR) is 91.3 cm³/mol. The van der Waals surface area contributed by atoms with Gasteiger partial charge in [-0.25, -0.2) is 14.2 Å². The standard InChI is InChI=1S/C16H12ClFN6O3/c1-7-4-11(16(26)27)24-12(25)5-9(20-15(7)24)13-10(23-6-19-21-22-23)3-2-8(17)14(13)18/h2-3,5-7,11H,4H2,1H3,(H,26,27)/t7-,11-/m1/s1. The van der Waals surface area contributed by atoms with E-state index in [1.807, 2.05) is 0 Å². The quantitative estimate of drug-likeness (QED) is 0.724. The molecular formula is C16H12ClFN6O3. The Hall–Kier alpha value is -3.14. The summed E-state index contributed by atoms with van der Waals surface area (Å²) < 4.78 is 17.2. The van der Waals surface area contributed by atoms with Gasteiger partial charge in [-0.3, -0.25) is 9.36 Å². The van der Waals surface area contributed by atoms with Gasteiger partial charge in [-0.05, 0) is 29.0 Å². The smallest absolute Gasteiger partial charge is 0.326 e. The van der Waals surface area contributed by atoms with Crippen LogP contribution in [-0.4, -0.2) is 40.8 Å². The first-order valence-corrected chi connectivity index (χ1v) is 8.34. The van der Waals surface area contributed by atoms with Crippen LogP contribution >= 0.6 is 11.6 Å². The van der Waals surface area contributed by atoms with E-state index in [1.54, 1.807) is 6.92 Å². The first-order valence-electron chi connectivity index (χ1n) is 7.96. The number of benzene rings is 1. The maximum absolute atomic E-state index is 14.9. The van der Waals surface area contributed by atoms with Gasteiger partial charge in [0.05, 0.1) is 22.0 Å². The summed E-state index contributed by atoms with van der Waals surface area (Å²) in [6, 6.07) is 2.96. The van der Waals surface area contributed by atoms with Crippen molar-refractivity contribution in [1.82, 2.24) is 29.8 Å². The molecule has 0 saturated heterocycles. The molecule has 0 aliphatic carbocycles. The number of rotatable bonds is 3. The second kappa shape index (κ2) is 6.23. The Morgan fingerprint density at radius 3 is 2.85 bits per heavy atom. The van der Waals surface area contributed by atoms with E-state index >= 15 is 0 Å². The Kier molecular flexibility index (Phi) is 3.99. The second-order valence-corrected chi connectivity index (χ2v) is 6.62. The largest absolute Gasteiger partial charge is 0.480 e. The highest BCUT2D eigenvalue weighted by Crippen LogP contribution is 2.36. The Bertz CT molecular complexity index is 1110. The van der Waals surface area contributed by atoms with Gasteiger partial charge in [0.2, 0.25) is 0 Å². The molecule has 0 radical (unpaired) electrons. The van der Waals surface area contributed by atoms with Gasteiger partial charge in [-0.1, -0.05) is 18.5 Å². The van der Waals surface area contributed by atoms with Gasteiger partial charge < -0.3 is 5.11 Å². The molecule has 0 fully saturated rings. The van der Waals surface area contributed by atoms with Gasteiger partial charge in [0.15, 0.2) is 5.82 Å². The summed E-state index contributed by atoms with van der Waals surface area (Å²) in [7, 11) is 0. The Morgan fingerprint density at radius 1 is 1.41 bits per heavy atom. The molecule has 2 atom stereocenters. The molecule has 0 amide bonds. The third-order valence-electron chi connectivity index (χ3n) is 4.52. The van der Waals surface area contributed by atoms with Crippen molar-refractivity contribution >= 4 is 17.6 Å². The van der Waals surface area contributed by atoms with Crippen LogP contribution in [0.2, 0.25) is 5.02 Å². The molecule has 1 aromatic carbocycles. The molecule has 3 heterocycles. The van der Waals surface area contributed by atoms with E-state index < -0.39 is 23.4 Å². The number of tetrazole rings is 1. The molecular weight excluding hydrogens is 379 g/mol. The van der Waals surface area contributed by atoms with Crippen LogP contribution in [0.5, 0.6) is 0 Å². The van der Waals surface area contributed by atoms with Crippen molar-refractivity contribution in [1.29, 1.82) is 0 Å². The monoisotopic (exact) mass is 390 g/mol. The van der Waals surface area contributed by atoms with Crippen molar-refractivity contribution in [3.8, 4) is 16.9 Å². The van der Waals surface area contributed by atoms with Gasteiger partial charge >= 0.3 is 5.97 Å². The lowest BCUT2D eigenvalue weighted by Crippen LogP contribution is -2.28. The Labute approximate surface area is 156 Å². The van der Waals surface area contributed by atoms with Crippen LogP contribution in [-0.2, 0) is 4.79 Å². The van der Waals surface area contributed by atoms with Crippen molar-refractivity contribution < 1.29 is 14.3 Å². The van der Waals surface area contributed by atoms with E-state index in [0.29, 0.717) is 0 Å². The number of hydrogen-bond donors (Lipinski definition) is 1. The number of aliphatic carboxylic acids is 1. The molecule has 3 aromatic rings. The number of aromatic nitrogens is 6. The van der Waals surface area contributed by atoms with Crippen LogP contribution in [0.3, 0.4) is 0 Å². The minimum atomic E-state index is -1.11. The zero-order valence-electron chi connectivity index (χ0n) is 13.9. The van der Waals surface area contributed by atoms with Crippen LogP contribution in [0, 0.1) is 5.82 Å². The molecule has 11 heteroatoms. The highest BCUT2D eigenvalue weighted by Gasteiger charge is 2.35. The normalized spacial score (nSPS) is 18.5. The van der Waals surface area contributed by atoms with E-state index in [2.05, 4.69) is 20.5 Å². The molecule has 0 unspecified atom stereocenters. The predicted octanol–water partition coefficient (Wildman–Crippen LogP) is 1.81. The number of carbonyl (C=O) groups is 1. The van der Waals surface area contributed by atoms with E-state index in [1.165, 1.54) is 23.1 Å². The summed E-state index contributed by atoms with van der Waals surface area (Å²) in [4.78, 5) is 28.4. The number of fused-ring (bicyclic) bond motifs is 1. The number of carboxylic acid groups (broad SMARTS) is 1. The zero-order valence-corrected chi connectivity index (χ0v) is 14.6. The van der Waals surface area contributed by atoms with Crippen LogP contribution in [0.1, 0.15) is 31.1 Å². The fourth-order valence-corrected chi connectivity index (χ4v) is 3.46. The number of hydrogen-bond acceptors (Lipinski definition) is 6. The fourth-order valence-electron chi connectivity index (χ4n) is 3.30. The molecule has 4 rings (SSSR count). The lowest BCUT2D eigenvalue weighted by atomic mass is 10.1.